The number of aryl methyl sites for hydroxylation is 1. The second-order valence-corrected chi connectivity index (χ2v) is 10.4. The summed E-state index contributed by atoms with van der Waals surface area (Å²) in [5.74, 6) is 1.76. The summed E-state index contributed by atoms with van der Waals surface area (Å²) >= 11 is 0. The number of carbonyl (C=O) groups is 2. The first kappa shape index (κ1) is 24.8. The number of anilines is 1. The van der Waals surface area contributed by atoms with Gasteiger partial charge in [0.05, 0.1) is 12.2 Å². The van der Waals surface area contributed by atoms with Gasteiger partial charge in [-0.05, 0) is 66.6 Å². The number of carbonyl (C=O) groups excluding carboxylic acids is 2. The van der Waals surface area contributed by atoms with E-state index in [2.05, 4.69) is 31.3 Å². The van der Waals surface area contributed by atoms with Crippen molar-refractivity contribution in [3.8, 4) is 5.75 Å². The van der Waals surface area contributed by atoms with Gasteiger partial charge in [-0.3, -0.25) is 14.5 Å². The average molecular weight is 495 g/mol. The molecule has 1 saturated carbocycles. The first-order chi connectivity index (χ1) is 17.9. The van der Waals surface area contributed by atoms with Crippen molar-refractivity contribution in [1.29, 1.82) is 0 Å². The molecule has 5 heteroatoms. The molecule has 37 heavy (non-hydrogen) atoms. The topological polar surface area (TPSA) is 58.6 Å². The van der Waals surface area contributed by atoms with Crippen LogP contribution < -0.4 is 15.0 Å². The molecule has 0 spiro atoms. The third kappa shape index (κ3) is 5.46. The van der Waals surface area contributed by atoms with Crippen molar-refractivity contribution in [3.63, 3.8) is 0 Å². The number of nitrogens with zero attached hydrogens (tertiary/aromatic N) is 1. The molecule has 3 atom stereocenters. The maximum Gasteiger partial charge on any atom is 0.294 e. The second-order valence-electron chi connectivity index (χ2n) is 10.4. The van der Waals surface area contributed by atoms with Crippen LogP contribution in [0.2, 0.25) is 0 Å². The van der Waals surface area contributed by atoms with Gasteiger partial charge in [0.2, 0.25) is 0 Å². The molecule has 0 unspecified atom stereocenters. The van der Waals surface area contributed by atoms with Crippen LogP contribution in [0.1, 0.15) is 60.2 Å². The Morgan fingerprint density at radius 1 is 1.00 bits per heavy atom. The van der Waals surface area contributed by atoms with Crippen molar-refractivity contribution >= 4 is 23.6 Å². The molecule has 1 N–H and O–H groups in total. The molecule has 2 aliphatic rings. The number of hydrogen-bond acceptors (Lipinski definition) is 3. The third-order valence-corrected chi connectivity index (χ3v) is 7.79. The average Bonchev–Trinajstić information content (AvgIpc) is 2.90. The Kier molecular flexibility index (Phi) is 7.13. The van der Waals surface area contributed by atoms with E-state index in [9.17, 15) is 9.59 Å². The number of hydrogen-bond donors (Lipinski definition) is 1. The van der Waals surface area contributed by atoms with E-state index >= 15 is 0 Å². The highest BCUT2D eigenvalue weighted by molar-refractivity contribution is 6.09. The van der Waals surface area contributed by atoms with E-state index in [0.29, 0.717) is 29.7 Å². The van der Waals surface area contributed by atoms with Crippen LogP contribution in [-0.4, -0.2) is 17.9 Å². The molecule has 0 radical (unpaired) electrons. The van der Waals surface area contributed by atoms with Crippen molar-refractivity contribution < 1.29 is 14.3 Å². The van der Waals surface area contributed by atoms with Gasteiger partial charge in [-0.15, -0.1) is 0 Å². The van der Waals surface area contributed by atoms with Crippen molar-refractivity contribution in [2.24, 2.45) is 11.8 Å². The van der Waals surface area contributed by atoms with Crippen LogP contribution in [0.25, 0.3) is 6.08 Å². The monoisotopic (exact) mass is 494 g/mol. The SMILES string of the molecule is Cc1ccc(CN2C(=O)/C(=C\c3ccc(C(=O)N[C@@H]4CCC[C@H](C)[C@H]4C)cc3)Oc3ccccc32)cc1. The largest absolute Gasteiger partial charge is 0.449 e. The van der Waals surface area contributed by atoms with Crippen LogP contribution >= 0.6 is 0 Å². The van der Waals surface area contributed by atoms with E-state index in [1.807, 2.05) is 67.6 Å². The first-order valence-electron chi connectivity index (χ1n) is 13.2. The number of benzene rings is 3. The predicted molar refractivity (Wildman–Crippen MR) is 147 cm³/mol. The minimum Gasteiger partial charge on any atom is -0.449 e. The summed E-state index contributed by atoms with van der Waals surface area (Å²) in [4.78, 5) is 28.1. The Balaban J connectivity index is 1.34. The van der Waals surface area contributed by atoms with Gasteiger partial charge in [0.15, 0.2) is 11.5 Å². The number of fused-ring (bicyclic) bond motifs is 1. The molecular formula is C32H34N2O3. The van der Waals surface area contributed by atoms with Gasteiger partial charge in [-0.1, -0.05) is 80.8 Å². The lowest BCUT2D eigenvalue weighted by atomic mass is 9.78. The molecule has 3 aromatic rings. The highest BCUT2D eigenvalue weighted by Crippen LogP contribution is 2.36. The van der Waals surface area contributed by atoms with E-state index < -0.39 is 0 Å². The first-order valence-corrected chi connectivity index (χ1v) is 13.2. The Bertz CT molecular complexity index is 1310. The minimum atomic E-state index is -0.193. The Labute approximate surface area is 219 Å². The summed E-state index contributed by atoms with van der Waals surface area (Å²) in [6.45, 7) is 6.99. The minimum absolute atomic E-state index is 0.0478. The number of ether oxygens (including phenoxy) is 1. The number of para-hydroxylation sites is 2. The van der Waals surface area contributed by atoms with Gasteiger partial charge in [0, 0.05) is 11.6 Å². The van der Waals surface area contributed by atoms with Crippen LogP contribution in [0, 0.1) is 18.8 Å². The summed E-state index contributed by atoms with van der Waals surface area (Å²) < 4.78 is 6.03. The molecule has 2 amide bonds. The summed E-state index contributed by atoms with van der Waals surface area (Å²) in [6, 6.07) is 23.3. The van der Waals surface area contributed by atoms with E-state index in [4.69, 9.17) is 4.74 Å². The van der Waals surface area contributed by atoms with Crippen LogP contribution in [0.3, 0.4) is 0 Å². The molecule has 5 rings (SSSR count). The molecule has 0 bridgehead atoms. The normalized spacial score (nSPS) is 22.4. The summed E-state index contributed by atoms with van der Waals surface area (Å²) in [5.41, 5.74) is 4.40. The van der Waals surface area contributed by atoms with E-state index in [1.165, 1.54) is 12.0 Å². The maximum absolute atomic E-state index is 13.5. The van der Waals surface area contributed by atoms with E-state index in [0.717, 1.165) is 29.7 Å². The molecule has 0 aromatic heterocycles. The summed E-state index contributed by atoms with van der Waals surface area (Å²) in [5, 5.41) is 3.23. The lowest BCUT2D eigenvalue weighted by Gasteiger charge is -2.34. The van der Waals surface area contributed by atoms with Gasteiger partial charge in [0.25, 0.3) is 11.8 Å². The third-order valence-electron chi connectivity index (χ3n) is 7.79. The van der Waals surface area contributed by atoms with Crippen molar-refractivity contribution in [2.45, 2.75) is 52.6 Å². The fraction of sp³-hybridized carbons (Fsp3) is 0.312. The number of nitrogens with one attached hydrogen (secondary N) is 1. The Morgan fingerprint density at radius 2 is 1.73 bits per heavy atom. The molecule has 1 heterocycles. The zero-order chi connectivity index (χ0) is 25.9. The quantitative estimate of drug-likeness (QED) is 0.411. The van der Waals surface area contributed by atoms with Gasteiger partial charge >= 0.3 is 0 Å². The van der Waals surface area contributed by atoms with Crippen LogP contribution in [0.15, 0.2) is 78.6 Å². The highest BCUT2D eigenvalue weighted by atomic mass is 16.5. The standard InChI is InChI=1S/C32H34N2O3/c1-21-11-13-25(14-12-21)20-34-28-9-4-5-10-29(28)37-30(32(34)36)19-24-15-17-26(18-16-24)31(35)33-27-8-6-7-22(2)23(27)3/h4-5,9-19,22-23,27H,6-8,20H2,1-3H3,(H,33,35)/b30-19+/t22-,23+,27+/m0/s1. The molecule has 5 nitrogen and oxygen atoms in total. The fourth-order valence-corrected chi connectivity index (χ4v) is 5.21. The van der Waals surface area contributed by atoms with E-state index in [1.54, 1.807) is 11.0 Å². The molecule has 190 valence electrons. The van der Waals surface area contributed by atoms with Gasteiger partial charge in [0.1, 0.15) is 0 Å². The molecule has 1 fully saturated rings. The summed E-state index contributed by atoms with van der Waals surface area (Å²) in [6.07, 6.45) is 5.15. The van der Waals surface area contributed by atoms with Gasteiger partial charge in [-0.25, -0.2) is 0 Å². The zero-order valence-electron chi connectivity index (χ0n) is 21.7. The Hall–Kier alpha value is -3.86. The van der Waals surface area contributed by atoms with E-state index in [-0.39, 0.29) is 23.6 Å². The smallest absolute Gasteiger partial charge is 0.294 e. The summed E-state index contributed by atoms with van der Waals surface area (Å²) in [7, 11) is 0. The lowest BCUT2D eigenvalue weighted by Crippen LogP contribution is -2.43. The molecule has 1 aliphatic heterocycles. The molecule has 0 saturated heterocycles. The van der Waals surface area contributed by atoms with Crippen LogP contribution in [0.4, 0.5) is 5.69 Å². The maximum atomic E-state index is 13.5. The van der Waals surface area contributed by atoms with Gasteiger partial charge in [-0.2, -0.15) is 0 Å². The van der Waals surface area contributed by atoms with Crippen molar-refractivity contribution in [3.05, 3.63) is 101 Å². The number of rotatable bonds is 5. The lowest BCUT2D eigenvalue weighted by molar-refractivity contribution is -0.117. The number of amides is 2. The Morgan fingerprint density at radius 3 is 2.49 bits per heavy atom. The van der Waals surface area contributed by atoms with Gasteiger partial charge < -0.3 is 10.1 Å². The van der Waals surface area contributed by atoms with Crippen LogP contribution in [0.5, 0.6) is 5.75 Å². The molecule has 3 aromatic carbocycles. The fourth-order valence-electron chi connectivity index (χ4n) is 5.21. The second kappa shape index (κ2) is 10.6. The molecular weight excluding hydrogens is 460 g/mol. The highest BCUT2D eigenvalue weighted by Gasteiger charge is 2.31. The van der Waals surface area contributed by atoms with Crippen LogP contribution in [-0.2, 0) is 11.3 Å². The molecule has 1 aliphatic carbocycles. The van der Waals surface area contributed by atoms with Crippen molar-refractivity contribution in [2.75, 3.05) is 4.90 Å². The predicted octanol–water partition coefficient (Wildman–Crippen LogP) is 6.52. The van der Waals surface area contributed by atoms with Crippen molar-refractivity contribution in [1.82, 2.24) is 5.32 Å². The zero-order valence-corrected chi connectivity index (χ0v) is 21.7.